The minimum atomic E-state index is -0.261. The SMILES string of the molecule is CCCCCC(O)CCC1c2ccccc2C(=O)C1CCCCCCC(=O)OC. The Kier molecular flexibility index (Phi) is 10.4. The first-order chi connectivity index (χ1) is 14.1. The van der Waals surface area contributed by atoms with E-state index in [4.69, 9.17) is 0 Å². The van der Waals surface area contributed by atoms with E-state index < -0.39 is 0 Å². The molecule has 0 saturated heterocycles. The molecule has 4 nitrogen and oxygen atoms in total. The zero-order valence-corrected chi connectivity index (χ0v) is 18.2. The zero-order chi connectivity index (χ0) is 21.1. The van der Waals surface area contributed by atoms with Gasteiger partial charge in [-0.2, -0.15) is 0 Å². The van der Waals surface area contributed by atoms with Crippen molar-refractivity contribution in [3.63, 3.8) is 0 Å². The van der Waals surface area contributed by atoms with E-state index in [-0.39, 0.29) is 29.7 Å². The number of aliphatic hydroxyl groups is 1. The third-order valence-electron chi connectivity index (χ3n) is 6.27. The molecule has 1 aromatic rings. The topological polar surface area (TPSA) is 63.6 Å². The quantitative estimate of drug-likeness (QED) is 0.315. The molecule has 2 rings (SSSR count). The van der Waals surface area contributed by atoms with Crippen molar-refractivity contribution in [1.29, 1.82) is 0 Å². The van der Waals surface area contributed by atoms with Crippen LogP contribution in [0.2, 0.25) is 0 Å². The van der Waals surface area contributed by atoms with Crippen LogP contribution in [0.3, 0.4) is 0 Å². The minimum Gasteiger partial charge on any atom is -0.469 e. The first-order valence-electron chi connectivity index (χ1n) is 11.5. The lowest BCUT2D eigenvalue weighted by Gasteiger charge is -2.21. The number of unbranched alkanes of at least 4 members (excludes halogenated alkanes) is 5. The van der Waals surface area contributed by atoms with E-state index in [0.29, 0.717) is 6.42 Å². The Labute approximate surface area is 176 Å². The van der Waals surface area contributed by atoms with Gasteiger partial charge in [0.2, 0.25) is 0 Å². The van der Waals surface area contributed by atoms with Crippen molar-refractivity contribution in [1.82, 2.24) is 0 Å². The molecule has 0 amide bonds. The Morgan fingerprint density at radius 1 is 1.00 bits per heavy atom. The van der Waals surface area contributed by atoms with E-state index in [2.05, 4.69) is 17.7 Å². The van der Waals surface area contributed by atoms with Gasteiger partial charge < -0.3 is 9.84 Å². The second kappa shape index (κ2) is 12.8. The molecule has 1 aromatic carbocycles. The second-order valence-electron chi connectivity index (χ2n) is 8.42. The van der Waals surface area contributed by atoms with Crippen LogP contribution in [0.25, 0.3) is 0 Å². The van der Waals surface area contributed by atoms with Crippen molar-refractivity contribution in [2.24, 2.45) is 5.92 Å². The molecule has 0 spiro atoms. The van der Waals surface area contributed by atoms with E-state index in [0.717, 1.165) is 63.4 Å². The molecule has 1 aliphatic carbocycles. The number of hydrogen-bond donors (Lipinski definition) is 1. The van der Waals surface area contributed by atoms with E-state index in [1.807, 2.05) is 18.2 Å². The number of ketones is 1. The van der Waals surface area contributed by atoms with E-state index >= 15 is 0 Å². The number of methoxy groups -OCH3 is 1. The Bertz CT molecular complexity index is 639. The van der Waals surface area contributed by atoms with Crippen LogP contribution in [0.1, 0.15) is 106 Å². The molecule has 29 heavy (non-hydrogen) atoms. The van der Waals surface area contributed by atoms with Gasteiger partial charge in [0, 0.05) is 17.9 Å². The number of carbonyl (C=O) groups excluding carboxylic acids is 2. The lowest BCUT2D eigenvalue weighted by Crippen LogP contribution is -2.16. The van der Waals surface area contributed by atoms with Gasteiger partial charge in [-0.25, -0.2) is 0 Å². The molecule has 0 fully saturated rings. The Morgan fingerprint density at radius 2 is 1.76 bits per heavy atom. The first-order valence-corrected chi connectivity index (χ1v) is 11.5. The number of fused-ring (bicyclic) bond motifs is 1. The molecule has 1 aliphatic rings. The molecule has 1 N–H and O–H groups in total. The standard InChI is InChI=1S/C25H38O4/c1-3-4-7-12-19(26)17-18-21-20-13-10-11-15-22(20)25(28)23(21)14-8-5-6-9-16-24(27)29-2/h10-11,13,15,19,21,23,26H,3-9,12,14,16-18H2,1-2H3. The summed E-state index contributed by atoms with van der Waals surface area (Å²) in [4.78, 5) is 24.2. The van der Waals surface area contributed by atoms with Crippen LogP contribution in [-0.4, -0.2) is 30.1 Å². The summed E-state index contributed by atoms with van der Waals surface area (Å²) in [5.74, 6) is 0.398. The van der Waals surface area contributed by atoms with Gasteiger partial charge in [0.05, 0.1) is 13.2 Å². The molecule has 0 aromatic heterocycles. The summed E-state index contributed by atoms with van der Waals surface area (Å²) < 4.78 is 4.67. The maximum Gasteiger partial charge on any atom is 0.305 e. The highest BCUT2D eigenvalue weighted by Crippen LogP contribution is 2.43. The largest absolute Gasteiger partial charge is 0.469 e. The summed E-state index contributed by atoms with van der Waals surface area (Å²) in [6.07, 6.45) is 10.9. The number of rotatable bonds is 14. The summed E-state index contributed by atoms with van der Waals surface area (Å²) in [6.45, 7) is 2.17. The van der Waals surface area contributed by atoms with Crippen LogP contribution in [0.4, 0.5) is 0 Å². The fraction of sp³-hybridized carbons (Fsp3) is 0.680. The Morgan fingerprint density at radius 3 is 2.52 bits per heavy atom. The van der Waals surface area contributed by atoms with Gasteiger partial charge in [0.15, 0.2) is 5.78 Å². The van der Waals surface area contributed by atoms with Gasteiger partial charge in [-0.1, -0.05) is 69.7 Å². The molecule has 3 atom stereocenters. The maximum atomic E-state index is 13.0. The van der Waals surface area contributed by atoms with Crippen molar-refractivity contribution >= 4 is 11.8 Å². The van der Waals surface area contributed by atoms with Crippen LogP contribution < -0.4 is 0 Å². The lowest BCUT2D eigenvalue weighted by molar-refractivity contribution is -0.140. The van der Waals surface area contributed by atoms with Crippen molar-refractivity contribution in [2.45, 2.75) is 96.0 Å². The Balaban J connectivity index is 1.86. The van der Waals surface area contributed by atoms with Crippen molar-refractivity contribution in [2.75, 3.05) is 7.11 Å². The maximum absolute atomic E-state index is 13.0. The number of ether oxygens (including phenoxy) is 1. The molecule has 0 saturated carbocycles. The number of benzene rings is 1. The van der Waals surface area contributed by atoms with Crippen LogP contribution >= 0.6 is 0 Å². The number of hydrogen-bond acceptors (Lipinski definition) is 4. The van der Waals surface area contributed by atoms with Gasteiger partial charge in [-0.3, -0.25) is 9.59 Å². The highest BCUT2D eigenvalue weighted by molar-refractivity contribution is 6.03. The van der Waals surface area contributed by atoms with E-state index in [1.165, 1.54) is 25.5 Å². The molecular formula is C25H38O4. The third-order valence-corrected chi connectivity index (χ3v) is 6.27. The van der Waals surface area contributed by atoms with Gasteiger partial charge >= 0.3 is 5.97 Å². The van der Waals surface area contributed by atoms with Crippen LogP contribution in [0.5, 0.6) is 0 Å². The number of esters is 1. The molecule has 0 radical (unpaired) electrons. The number of carbonyl (C=O) groups is 2. The average Bonchev–Trinajstić information content (AvgIpc) is 3.00. The van der Waals surface area contributed by atoms with Crippen LogP contribution in [0.15, 0.2) is 24.3 Å². The van der Waals surface area contributed by atoms with E-state index in [1.54, 1.807) is 0 Å². The van der Waals surface area contributed by atoms with E-state index in [9.17, 15) is 14.7 Å². The summed E-state index contributed by atoms with van der Waals surface area (Å²) >= 11 is 0. The van der Waals surface area contributed by atoms with Gasteiger partial charge in [0.25, 0.3) is 0 Å². The van der Waals surface area contributed by atoms with Gasteiger partial charge in [-0.15, -0.1) is 0 Å². The first kappa shape index (κ1) is 23.6. The van der Waals surface area contributed by atoms with Crippen LogP contribution in [0, 0.1) is 5.92 Å². The molecular weight excluding hydrogens is 364 g/mol. The van der Waals surface area contributed by atoms with Gasteiger partial charge in [-0.05, 0) is 43.6 Å². The molecule has 4 heteroatoms. The summed E-state index contributed by atoms with van der Waals surface area (Å²) in [5.41, 5.74) is 2.06. The molecule has 0 heterocycles. The van der Waals surface area contributed by atoms with Crippen LogP contribution in [-0.2, 0) is 9.53 Å². The molecule has 0 aliphatic heterocycles. The van der Waals surface area contributed by atoms with Crippen molar-refractivity contribution < 1.29 is 19.4 Å². The fourth-order valence-electron chi connectivity index (χ4n) is 4.57. The minimum absolute atomic E-state index is 0.0378. The predicted octanol–water partition coefficient (Wildman–Crippen LogP) is 5.82. The fourth-order valence-corrected chi connectivity index (χ4v) is 4.57. The second-order valence-corrected chi connectivity index (χ2v) is 8.42. The van der Waals surface area contributed by atoms with Gasteiger partial charge in [0.1, 0.15) is 0 Å². The normalized spacial score (nSPS) is 19.2. The predicted molar refractivity (Wildman–Crippen MR) is 116 cm³/mol. The number of Topliss-reactive ketones (excluding diaryl/α,β-unsaturated/α-hetero) is 1. The highest BCUT2D eigenvalue weighted by Gasteiger charge is 2.38. The zero-order valence-electron chi connectivity index (χ0n) is 18.2. The average molecular weight is 403 g/mol. The van der Waals surface area contributed by atoms with Crippen molar-refractivity contribution in [3.05, 3.63) is 35.4 Å². The lowest BCUT2D eigenvalue weighted by atomic mass is 9.83. The Hall–Kier alpha value is -1.68. The smallest absolute Gasteiger partial charge is 0.305 e. The summed E-state index contributed by atoms with van der Waals surface area (Å²) in [5, 5.41) is 10.4. The molecule has 0 bridgehead atoms. The summed E-state index contributed by atoms with van der Waals surface area (Å²) in [7, 11) is 1.42. The molecule has 3 unspecified atom stereocenters. The molecule has 162 valence electrons. The highest BCUT2D eigenvalue weighted by atomic mass is 16.5. The third kappa shape index (κ3) is 7.26. The monoisotopic (exact) mass is 402 g/mol. The summed E-state index contributed by atoms with van der Waals surface area (Å²) in [6, 6.07) is 8.02. The van der Waals surface area contributed by atoms with Crippen molar-refractivity contribution in [3.8, 4) is 0 Å². The number of aliphatic hydroxyl groups excluding tert-OH is 1.